The van der Waals surface area contributed by atoms with Crippen molar-refractivity contribution in [2.24, 2.45) is 0 Å². The Hall–Kier alpha value is -1.63. The van der Waals surface area contributed by atoms with Gasteiger partial charge >= 0.3 is 12.0 Å². The molecule has 0 aliphatic heterocycles. The number of halogens is 2. The molecule has 0 aromatic heterocycles. The molecule has 1 fully saturated rings. The molecule has 2 amide bonds. The number of hydrogen-bond acceptors (Lipinski definition) is 2. The minimum Gasteiger partial charge on any atom is -0.480 e. The minimum absolute atomic E-state index is 0.231. The highest BCUT2D eigenvalue weighted by Gasteiger charge is 2.45. The first-order chi connectivity index (χ1) is 9.34. The molecule has 0 heterocycles. The second kappa shape index (κ2) is 5.40. The van der Waals surface area contributed by atoms with Crippen LogP contribution in [0.3, 0.4) is 0 Å². The zero-order chi connectivity index (χ0) is 14.9. The summed E-state index contributed by atoms with van der Waals surface area (Å²) < 4.78 is 13.5. The standard InChI is InChI=1S/C13H14BrFN2O3/c1-7-5-9(15)8(14)6-10(7)16-12(20)17-13(11(18)19)3-2-4-13/h5-6H,2-4H2,1H3,(H,18,19)(H2,16,17,20). The Bertz CT molecular complexity index is 573. The number of hydrogen-bond donors (Lipinski definition) is 3. The number of carboxylic acids is 1. The fourth-order valence-electron chi connectivity index (χ4n) is 2.07. The molecule has 1 aliphatic carbocycles. The van der Waals surface area contributed by atoms with Crippen LogP contribution in [0, 0.1) is 12.7 Å². The summed E-state index contributed by atoms with van der Waals surface area (Å²) in [4.78, 5) is 23.0. The number of rotatable bonds is 3. The van der Waals surface area contributed by atoms with Crippen molar-refractivity contribution in [1.82, 2.24) is 5.32 Å². The van der Waals surface area contributed by atoms with Gasteiger partial charge < -0.3 is 15.7 Å². The predicted molar refractivity (Wildman–Crippen MR) is 75.2 cm³/mol. The molecule has 5 nitrogen and oxygen atoms in total. The van der Waals surface area contributed by atoms with Gasteiger partial charge in [0, 0.05) is 5.69 Å². The van der Waals surface area contributed by atoms with Crippen LogP contribution >= 0.6 is 15.9 Å². The third kappa shape index (κ3) is 2.77. The van der Waals surface area contributed by atoms with Gasteiger partial charge in [-0.15, -0.1) is 0 Å². The van der Waals surface area contributed by atoms with E-state index in [0.29, 0.717) is 24.1 Å². The fourth-order valence-corrected chi connectivity index (χ4v) is 2.42. The van der Waals surface area contributed by atoms with Gasteiger partial charge in [0.15, 0.2) is 0 Å². The number of benzene rings is 1. The number of amides is 2. The molecule has 2 rings (SSSR count). The van der Waals surface area contributed by atoms with Crippen LogP contribution in [0.4, 0.5) is 14.9 Å². The second-order valence-corrected chi connectivity index (χ2v) is 5.76. The monoisotopic (exact) mass is 344 g/mol. The molecule has 0 bridgehead atoms. The van der Waals surface area contributed by atoms with Gasteiger partial charge in [-0.25, -0.2) is 14.0 Å². The number of aliphatic carboxylic acids is 1. The molecule has 0 atom stereocenters. The fraction of sp³-hybridized carbons (Fsp3) is 0.385. The van der Waals surface area contributed by atoms with Crippen LogP contribution in [0.2, 0.25) is 0 Å². The molecule has 108 valence electrons. The molecule has 1 aromatic rings. The Morgan fingerprint density at radius 3 is 2.55 bits per heavy atom. The zero-order valence-corrected chi connectivity index (χ0v) is 12.4. The number of nitrogens with one attached hydrogen (secondary N) is 2. The maximum atomic E-state index is 13.3. The lowest BCUT2D eigenvalue weighted by molar-refractivity contribution is -0.148. The molecule has 20 heavy (non-hydrogen) atoms. The molecular weight excluding hydrogens is 331 g/mol. The van der Waals surface area contributed by atoms with Crippen molar-refractivity contribution in [3.05, 3.63) is 28.0 Å². The molecule has 1 aliphatic rings. The van der Waals surface area contributed by atoms with Gasteiger partial charge in [0.2, 0.25) is 0 Å². The Labute approximate surface area is 123 Å². The summed E-state index contributed by atoms with van der Waals surface area (Å²) in [6, 6.07) is 2.13. The third-order valence-corrected chi connectivity index (χ3v) is 4.09. The molecular formula is C13H14BrFN2O3. The van der Waals surface area contributed by atoms with E-state index in [-0.39, 0.29) is 4.47 Å². The van der Waals surface area contributed by atoms with Crippen molar-refractivity contribution < 1.29 is 19.1 Å². The summed E-state index contributed by atoms with van der Waals surface area (Å²) in [6.45, 7) is 1.65. The molecule has 0 unspecified atom stereocenters. The topological polar surface area (TPSA) is 78.4 Å². The van der Waals surface area contributed by atoms with Crippen molar-refractivity contribution >= 4 is 33.6 Å². The Balaban J connectivity index is 2.09. The van der Waals surface area contributed by atoms with Crippen LogP contribution in [0.5, 0.6) is 0 Å². The van der Waals surface area contributed by atoms with Gasteiger partial charge in [0.05, 0.1) is 4.47 Å². The lowest BCUT2D eigenvalue weighted by Crippen LogP contribution is -2.60. The number of carboxylic acid groups (broad SMARTS) is 1. The van der Waals surface area contributed by atoms with E-state index in [9.17, 15) is 14.0 Å². The molecule has 0 saturated heterocycles. The first-order valence-corrected chi connectivity index (χ1v) is 6.91. The second-order valence-electron chi connectivity index (χ2n) is 4.90. The predicted octanol–water partition coefficient (Wildman–Crippen LogP) is 3.03. The smallest absolute Gasteiger partial charge is 0.329 e. The highest BCUT2D eigenvalue weighted by atomic mass is 79.9. The van der Waals surface area contributed by atoms with E-state index in [1.54, 1.807) is 6.92 Å². The molecule has 0 spiro atoms. The molecule has 3 N–H and O–H groups in total. The average Bonchev–Trinajstić information content (AvgIpc) is 2.30. The summed E-state index contributed by atoms with van der Waals surface area (Å²) in [7, 11) is 0. The number of urea groups is 1. The van der Waals surface area contributed by atoms with E-state index >= 15 is 0 Å². The lowest BCUT2D eigenvalue weighted by Gasteiger charge is -2.38. The molecule has 0 radical (unpaired) electrons. The van der Waals surface area contributed by atoms with Crippen LogP contribution in [-0.2, 0) is 4.79 Å². The van der Waals surface area contributed by atoms with Gasteiger partial charge in [-0.2, -0.15) is 0 Å². The van der Waals surface area contributed by atoms with Gasteiger partial charge in [-0.3, -0.25) is 0 Å². The van der Waals surface area contributed by atoms with Gasteiger partial charge in [-0.05, 0) is 59.8 Å². The van der Waals surface area contributed by atoms with Crippen molar-refractivity contribution in [3.8, 4) is 0 Å². The van der Waals surface area contributed by atoms with Crippen LogP contribution in [0.15, 0.2) is 16.6 Å². The van der Waals surface area contributed by atoms with E-state index in [2.05, 4.69) is 26.6 Å². The molecule has 1 saturated carbocycles. The highest BCUT2D eigenvalue weighted by molar-refractivity contribution is 9.10. The van der Waals surface area contributed by atoms with E-state index in [4.69, 9.17) is 5.11 Å². The average molecular weight is 345 g/mol. The maximum absolute atomic E-state index is 13.3. The van der Waals surface area contributed by atoms with E-state index in [1.807, 2.05) is 0 Å². The largest absolute Gasteiger partial charge is 0.480 e. The lowest BCUT2D eigenvalue weighted by atomic mass is 9.77. The van der Waals surface area contributed by atoms with Crippen LogP contribution in [0.1, 0.15) is 24.8 Å². The van der Waals surface area contributed by atoms with Crippen LogP contribution < -0.4 is 10.6 Å². The third-order valence-electron chi connectivity index (χ3n) is 3.48. The molecule has 7 heteroatoms. The summed E-state index contributed by atoms with van der Waals surface area (Å²) in [5.74, 6) is -1.45. The minimum atomic E-state index is -1.17. The Kier molecular flexibility index (Phi) is 3.99. The van der Waals surface area contributed by atoms with E-state index in [1.165, 1.54) is 12.1 Å². The van der Waals surface area contributed by atoms with Crippen LogP contribution in [-0.4, -0.2) is 22.6 Å². The number of aryl methyl sites for hydroxylation is 1. The number of carbonyl (C=O) groups excluding carboxylic acids is 1. The van der Waals surface area contributed by atoms with E-state index < -0.39 is 23.4 Å². The van der Waals surface area contributed by atoms with Crippen molar-refractivity contribution in [3.63, 3.8) is 0 Å². The summed E-state index contributed by atoms with van der Waals surface area (Å²) in [5, 5.41) is 14.2. The Morgan fingerprint density at radius 1 is 1.40 bits per heavy atom. The zero-order valence-electron chi connectivity index (χ0n) is 10.8. The van der Waals surface area contributed by atoms with Crippen molar-refractivity contribution in [2.45, 2.75) is 31.7 Å². The quantitative estimate of drug-likeness (QED) is 0.788. The first-order valence-electron chi connectivity index (χ1n) is 6.12. The van der Waals surface area contributed by atoms with Crippen LogP contribution in [0.25, 0.3) is 0 Å². The normalized spacial score (nSPS) is 16.1. The summed E-state index contributed by atoms with van der Waals surface area (Å²) in [5.41, 5.74) is -0.190. The number of anilines is 1. The Morgan fingerprint density at radius 2 is 2.05 bits per heavy atom. The summed E-state index contributed by atoms with van der Waals surface area (Å²) in [6.07, 6.45) is 1.61. The SMILES string of the molecule is Cc1cc(F)c(Br)cc1NC(=O)NC1(C(=O)O)CCC1. The van der Waals surface area contributed by atoms with Crippen molar-refractivity contribution in [2.75, 3.05) is 5.32 Å². The summed E-state index contributed by atoms with van der Waals surface area (Å²) >= 11 is 3.04. The van der Waals surface area contributed by atoms with Gasteiger partial charge in [0.1, 0.15) is 11.4 Å². The van der Waals surface area contributed by atoms with Gasteiger partial charge in [0.25, 0.3) is 0 Å². The highest BCUT2D eigenvalue weighted by Crippen LogP contribution is 2.32. The first kappa shape index (κ1) is 14.8. The van der Waals surface area contributed by atoms with Crippen molar-refractivity contribution in [1.29, 1.82) is 0 Å². The van der Waals surface area contributed by atoms with E-state index in [0.717, 1.165) is 6.42 Å². The molecule has 1 aromatic carbocycles. The maximum Gasteiger partial charge on any atom is 0.329 e. The number of carbonyl (C=O) groups is 2. The van der Waals surface area contributed by atoms with Gasteiger partial charge in [-0.1, -0.05) is 0 Å².